The maximum absolute atomic E-state index is 12.8. The number of hydrogen-bond donors (Lipinski definition) is 2. The minimum atomic E-state index is -0.413. The van der Waals surface area contributed by atoms with Crippen molar-refractivity contribution in [2.24, 2.45) is 0 Å². The number of ether oxygens (including phenoxy) is 2. The number of anilines is 1. The highest BCUT2D eigenvalue weighted by molar-refractivity contribution is 6.11. The molecule has 0 spiro atoms. The van der Waals surface area contributed by atoms with E-state index < -0.39 is 5.91 Å². The van der Waals surface area contributed by atoms with E-state index in [9.17, 15) is 9.59 Å². The zero-order valence-electron chi connectivity index (χ0n) is 15.5. The number of methoxy groups -OCH3 is 1. The van der Waals surface area contributed by atoms with Crippen molar-refractivity contribution in [3.05, 3.63) is 58.5 Å². The Bertz CT molecular complexity index is 1070. The molecule has 2 N–H and O–H groups in total. The molecule has 0 radical (unpaired) electrons. The van der Waals surface area contributed by atoms with Gasteiger partial charge in [-0.3, -0.25) is 9.59 Å². The zero-order valence-corrected chi connectivity index (χ0v) is 15.5. The first kappa shape index (κ1) is 18.0. The molecule has 0 unspecified atom stereocenters. The lowest BCUT2D eigenvalue weighted by Gasteiger charge is -2.17. The number of rotatable bonds is 5. The monoisotopic (exact) mass is 379 g/mol. The van der Waals surface area contributed by atoms with Gasteiger partial charge in [0.25, 0.3) is 11.5 Å². The topological polar surface area (TPSA) is 93.3 Å². The molecule has 4 rings (SSSR count). The molecule has 7 nitrogen and oxygen atoms in total. The van der Waals surface area contributed by atoms with Crippen LogP contribution in [0.5, 0.6) is 11.5 Å². The number of hydrogen-bond acceptors (Lipinski definition) is 5. The molecule has 0 saturated heterocycles. The van der Waals surface area contributed by atoms with E-state index in [2.05, 4.69) is 15.5 Å². The normalized spacial score (nSPS) is 14.2. The van der Waals surface area contributed by atoms with Gasteiger partial charge in [-0.15, -0.1) is 0 Å². The van der Waals surface area contributed by atoms with E-state index in [4.69, 9.17) is 9.47 Å². The summed E-state index contributed by atoms with van der Waals surface area (Å²) < 4.78 is 11.5. The van der Waals surface area contributed by atoms with Gasteiger partial charge in [0.2, 0.25) is 0 Å². The van der Waals surface area contributed by atoms with Gasteiger partial charge in [-0.25, -0.2) is 5.10 Å². The van der Waals surface area contributed by atoms with Gasteiger partial charge in [0.05, 0.1) is 18.6 Å². The van der Waals surface area contributed by atoms with Crippen molar-refractivity contribution in [2.75, 3.05) is 12.4 Å². The van der Waals surface area contributed by atoms with Gasteiger partial charge in [-0.1, -0.05) is 18.2 Å². The molecule has 7 heteroatoms. The highest BCUT2D eigenvalue weighted by Crippen LogP contribution is 2.34. The number of aromatic amines is 1. The molecule has 0 bridgehead atoms. The Morgan fingerprint density at radius 1 is 1.11 bits per heavy atom. The maximum atomic E-state index is 12.8. The number of nitrogens with one attached hydrogen (secondary N) is 2. The van der Waals surface area contributed by atoms with Crippen LogP contribution in [0.25, 0.3) is 10.8 Å². The SMILES string of the molecule is COc1ccc(NC(=O)c2n[nH]c(=O)c3ccccc23)cc1OC1CCCC1. The van der Waals surface area contributed by atoms with E-state index in [-0.39, 0.29) is 17.4 Å². The van der Waals surface area contributed by atoms with Crippen LogP contribution >= 0.6 is 0 Å². The van der Waals surface area contributed by atoms with Crippen molar-refractivity contribution in [3.63, 3.8) is 0 Å². The number of amides is 1. The van der Waals surface area contributed by atoms with Gasteiger partial charge in [-0.2, -0.15) is 5.10 Å². The molecule has 1 amide bonds. The predicted octanol–water partition coefficient (Wildman–Crippen LogP) is 3.51. The van der Waals surface area contributed by atoms with E-state index in [1.54, 1.807) is 49.6 Å². The average Bonchev–Trinajstić information content (AvgIpc) is 3.22. The van der Waals surface area contributed by atoms with Crippen molar-refractivity contribution in [2.45, 2.75) is 31.8 Å². The van der Waals surface area contributed by atoms with Crippen LogP contribution in [-0.4, -0.2) is 29.3 Å². The van der Waals surface area contributed by atoms with Crippen molar-refractivity contribution in [1.29, 1.82) is 0 Å². The first-order valence-electron chi connectivity index (χ1n) is 9.29. The molecule has 1 fully saturated rings. The number of benzene rings is 2. The molecule has 1 saturated carbocycles. The highest BCUT2D eigenvalue weighted by atomic mass is 16.5. The molecule has 1 heterocycles. The largest absolute Gasteiger partial charge is 0.493 e. The fraction of sp³-hybridized carbons (Fsp3) is 0.286. The lowest BCUT2D eigenvalue weighted by atomic mass is 10.1. The Hall–Kier alpha value is -3.35. The predicted molar refractivity (Wildman–Crippen MR) is 106 cm³/mol. The van der Waals surface area contributed by atoms with Crippen LogP contribution in [-0.2, 0) is 0 Å². The highest BCUT2D eigenvalue weighted by Gasteiger charge is 2.20. The van der Waals surface area contributed by atoms with Crippen LogP contribution in [0.3, 0.4) is 0 Å². The number of fused-ring (bicyclic) bond motifs is 1. The van der Waals surface area contributed by atoms with Crippen LogP contribution < -0.4 is 20.3 Å². The molecule has 144 valence electrons. The van der Waals surface area contributed by atoms with Crippen molar-refractivity contribution in [1.82, 2.24) is 10.2 Å². The van der Waals surface area contributed by atoms with E-state index in [0.29, 0.717) is 28.0 Å². The molecule has 28 heavy (non-hydrogen) atoms. The van der Waals surface area contributed by atoms with E-state index >= 15 is 0 Å². The van der Waals surface area contributed by atoms with Gasteiger partial charge >= 0.3 is 0 Å². The number of H-pyrrole nitrogens is 1. The van der Waals surface area contributed by atoms with E-state index in [1.807, 2.05) is 0 Å². The molecular weight excluding hydrogens is 358 g/mol. The lowest BCUT2D eigenvalue weighted by molar-refractivity contribution is 0.102. The number of aromatic nitrogens is 2. The van der Waals surface area contributed by atoms with Crippen LogP contribution in [0.2, 0.25) is 0 Å². The average molecular weight is 379 g/mol. The molecule has 1 aromatic heterocycles. The minimum absolute atomic E-state index is 0.157. The van der Waals surface area contributed by atoms with Gasteiger partial charge in [0.15, 0.2) is 17.2 Å². The maximum Gasteiger partial charge on any atom is 0.276 e. The Morgan fingerprint density at radius 3 is 2.61 bits per heavy atom. The Kier molecular flexibility index (Phi) is 4.97. The van der Waals surface area contributed by atoms with Crippen molar-refractivity contribution >= 4 is 22.4 Å². The summed E-state index contributed by atoms with van der Waals surface area (Å²) in [6.45, 7) is 0. The standard InChI is InChI=1S/C21H21N3O4/c1-27-17-11-10-13(12-18(17)28-14-6-2-3-7-14)22-21(26)19-15-8-4-5-9-16(15)20(25)24-23-19/h4-5,8-12,14H,2-3,6-7H2,1H3,(H,22,26)(H,24,25). The van der Waals surface area contributed by atoms with Crippen LogP contribution in [0, 0.1) is 0 Å². The van der Waals surface area contributed by atoms with E-state index in [0.717, 1.165) is 25.7 Å². The smallest absolute Gasteiger partial charge is 0.276 e. The third-order valence-corrected chi connectivity index (χ3v) is 4.93. The van der Waals surface area contributed by atoms with Crippen molar-refractivity contribution in [3.8, 4) is 11.5 Å². The molecule has 1 aliphatic carbocycles. The Morgan fingerprint density at radius 2 is 1.86 bits per heavy atom. The zero-order chi connectivity index (χ0) is 19.5. The van der Waals surface area contributed by atoms with Crippen molar-refractivity contribution < 1.29 is 14.3 Å². The summed E-state index contributed by atoms with van der Waals surface area (Å²) in [5, 5.41) is 10.1. The molecule has 1 aliphatic rings. The molecule has 0 aliphatic heterocycles. The fourth-order valence-electron chi connectivity index (χ4n) is 3.51. The molecular formula is C21H21N3O4. The van der Waals surface area contributed by atoms with Crippen LogP contribution in [0.1, 0.15) is 36.2 Å². The molecule has 0 atom stereocenters. The third kappa shape index (κ3) is 3.55. The summed E-state index contributed by atoms with van der Waals surface area (Å²) in [7, 11) is 1.59. The number of carbonyl (C=O) groups excluding carboxylic acids is 1. The third-order valence-electron chi connectivity index (χ3n) is 4.93. The van der Waals surface area contributed by atoms with Crippen LogP contribution in [0.15, 0.2) is 47.3 Å². The Labute approximate surface area is 161 Å². The van der Waals surface area contributed by atoms with Gasteiger partial charge < -0.3 is 14.8 Å². The van der Waals surface area contributed by atoms with Gasteiger partial charge in [0, 0.05) is 17.1 Å². The second kappa shape index (κ2) is 7.72. The number of nitrogens with zero attached hydrogens (tertiary/aromatic N) is 1. The first-order valence-corrected chi connectivity index (χ1v) is 9.29. The summed E-state index contributed by atoms with van der Waals surface area (Å²) >= 11 is 0. The molecule has 2 aromatic carbocycles. The fourth-order valence-corrected chi connectivity index (χ4v) is 3.51. The summed E-state index contributed by atoms with van der Waals surface area (Å²) in [5.74, 6) is 0.813. The number of carbonyl (C=O) groups is 1. The second-order valence-electron chi connectivity index (χ2n) is 6.79. The summed E-state index contributed by atoms with van der Waals surface area (Å²) in [6, 6.07) is 12.1. The quantitative estimate of drug-likeness (QED) is 0.708. The summed E-state index contributed by atoms with van der Waals surface area (Å²) in [4.78, 5) is 24.7. The lowest BCUT2D eigenvalue weighted by Crippen LogP contribution is -2.19. The Balaban J connectivity index is 1.61. The second-order valence-corrected chi connectivity index (χ2v) is 6.79. The summed E-state index contributed by atoms with van der Waals surface area (Å²) in [6.07, 6.45) is 4.53. The minimum Gasteiger partial charge on any atom is -0.493 e. The van der Waals surface area contributed by atoms with E-state index in [1.165, 1.54) is 0 Å². The first-order chi connectivity index (χ1) is 13.7. The summed E-state index contributed by atoms with van der Waals surface area (Å²) in [5.41, 5.74) is 0.393. The van der Waals surface area contributed by atoms with Crippen LogP contribution in [0.4, 0.5) is 5.69 Å². The molecule has 3 aromatic rings. The van der Waals surface area contributed by atoms with Gasteiger partial charge in [-0.05, 0) is 43.9 Å². The van der Waals surface area contributed by atoms with Gasteiger partial charge in [0.1, 0.15) is 0 Å².